The third-order valence-corrected chi connectivity index (χ3v) is 5.31. The first-order chi connectivity index (χ1) is 10.7. The van der Waals surface area contributed by atoms with Gasteiger partial charge in [-0.3, -0.25) is 4.57 Å². The molecule has 0 radical (unpaired) electrons. The lowest BCUT2D eigenvalue weighted by molar-refractivity contribution is -0.0347. The SMILES string of the molecule is N#Cc1ccc2n1C1=CC=CC(I)C=C1OC21CCNCC1. The first-order valence-corrected chi connectivity index (χ1v) is 8.75. The Hall–Kier alpha value is -1.52. The number of nitrogens with one attached hydrogen (secondary N) is 1. The summed E-state index contributed by atoms with van der Waals surface area (Å²) < 4.78 is 8.91. The maximum absolute atomic E-state index is 9.49. The van der Waals surface area contributed by atoms with Crippen molar-refractivity contribution in [3.05, 3.63) is 53.6 Å². The molecule has 4 nitrogen and oxygen atoms in total. The Bertz CT molecular complexity index is 744. The van der Waals surface area contributed by atoms with Crippen molar-refractivity contribution in [3.63, 3.8) is 0 Å². The molecule has 0 saturated carbocycles. The molecule has 5 heteroatoms. The zero-order valence-electron chi connectivity index (χ0n) is 12.1. The van der Waals surface area contributed by atoms with Gasteiger partial charge in [-0.25, -0.2) is 0 Å². The number of ether oxygens (including phenoxy) is 1. The molecule has 1 atom stereocenters. The van der Waals surface area contributed by atoms with Crippen LogP contribution in [0.2, 0.25) is 0 Å². The van der Waals surface area contributed by atoms with Crippen molar-refractivity contribution < 1.29 is 4.74 Å². The number of nitriles is 1. The molecule has 4 rings (SSSR count). The summed E-state index contributed by atoms with van der Waals surface area (Å²) in [6, 6.07) is 6.28. The third kappa shape index (κ3) is 2.05. The summed E-state index contributed by atoms with van der Waals surface area (Å²) >= 11 is 2.38. The molecule has 1 fully saturated rings. The van der Waals surface area contributed by atoms with E-state index in [0.29, 0.717) is 9.62 Å². The number of piperidine rings is 1. The molecular formula is C17H16IN3O. The fourth-order valence-electron chi connectivity index (χ4n) is 3.48. The average Bonchev–Trinajstić information content (AvgIpc) is 2.88. The fraction of sp³-hybridized carbons (Fsp3) is 0.353. The van der Waals surface area contributed by atoms with E-state index in [1.54, 1.807) is 0 Å². The van der Waals surface area contributed by atoms with Crippen LogP contribution >= 0.6 is 22.6 Å². The van der Waals surface area contributed by atoms with Crippen molar-refractivity contribution in [1.82, 2.24) is 9.88 Å². The number of alkyl halides is 1. The Kier molecular flexibility index (Phi) is 3.39. The molecule has 1 unspecified atom stereocenters. The number of fused-ring (bicyclic) bond motifs is 4. The first-order valence-electron chi connectivity index (χ1n) is 7.51. The molecule has 1 aromatic rings. The van der Waals surface area contributed by atoms with Gasteiger partial charge in [-0.2, -0.15) is 5.26 Å². The van der Waals surface area contributed by atoms with Crippen molar-refractivity contribution in [2.75, 3.05) is 13.1 Å². The fourth-order valence-corrected chi connectivity index (χ4v) is 4.05. The molecule has 1 spiro atoms. The van der Waals surface area contributed by atoms with Crippen LogP contribution in [0.3, 0.4) is 0 Å². The van der Waals surface area contributed by atoms with Gasteiger partial charge in [0.2, 0.25) is 0 Å². The highest BCUT2D eigenvalue weighted by molar-refractivity contribution is 14.1. The molecule has 3 aliphatic rings. The minimum Gasteiger partial charge on any atom is -0.479 e. The molecule has 112 valence electrons. The molecule has 1 aromatic heterocycles. The van der Waals surface area contributed by atoms with Crippen LogP contribution in [-0.2, 0) is 10.3 Å². The summed E-state index contributed by atoms with van der Waals surface area (Å²) in [7, 11) is 0. The van der Waals surface area contributed by atoms with Crippen LogP contribution in [0, 0.1) is 11.3 Å². The number of allylic oxidation sites excluding steroid dienone is 5. The van der Waals surface area contributed by atoms with E-state index in [0.717, 1.165) is 43.1 Å². The second-order valence-corrected chi connectivity index (χ2v) is 7.25. The van der Waals surface area contributed by atoms with Gasteiger partial charge in [-0.1, -0.05) is 34.7 Å². The minimum atomic E-state index is -0.315. The number of rotatable bonds is 0. The van der Waals surface area contributed by atoms with Crippen molar-refractivity contribution in [1.29, 1.82) is 5.26 Å². The van der Waals surface area contributed by atoms with Crippen molar-refractivity contribution in [3.8, 4) is 6.07 Å². The molecule has 0 bridgehead atoms. The van der Waals surface area contributed by atoms with Crippen LogP contribution in [0.1, 0.15) is 24.2 Å². The normalized spacial score (nSPS) is 25.2. The molecule has 1 N–H and O–H groups in total. The maximum Gasteiger partial charge on any atom is 0.152 e. The van der Waals surface area contributed by atoms with E-state index < -0.39 is 0 Å². The van der Waals surface area contributed by atoms with Gasteiger partial charge in [-0.05, 0) is 37.4 Å². The van der Waals surface area contributed by atoms with Crippen LogP contribution in [0.4, 0.5) is 0 Å². The van der Waals surface area contributed by atoms with Gasteiger partial charge < -0.3 is 10.1 Å². The smallest absolute Gasteiger partial charge is 0.152 e. The van der Waals surface area contributed by atoms with Crippen LogP contribution in [0.25, 0.3) is 5.70 Å². The van der Waals surface area contributed by atoms with E-state index in [2.05, 4.69) is 56.8 Å². The van der Waals surface area contributed by atoms with Gasteiger partial charge in [0, 0.05) is 12.8 Å². The van der Waals surface area contributed by atoms with E-state index in [4.69, 9.17) is 4.74 Å². The molecule has 0 aromatic carbocycles. The van der Waals surface area contributed by atoms with E-state index in [1.807, 2.05) is 18.2 Å². The number of nitrogens with zero attached hydrogens (tertiary/aromatic N) is 2. The van der Waals surface area contributed by atoms with Gasteiger partial charge in [0.25, 0.3) is 0 Å². The van der Waals surface area contributed by atoms with Crippen molar-refractivity contribution >= 4 is 28.3 Å². The monoisotopic (exact) mass is 405 g/mol. The Balaban J connectivity index is 1.95. The summed E-state index contributed by atoms with van der Waals surface area (Å²) in [5, 5.41) is 12.9. The lowest BCUT2D eigenvalue weighted by atomic mass is 9.87. The lowest BCUT2D eigenvalue weighted by Crippen LogP contribution is -2.45. The van der Waals surface area contributed by atoms with E-state index in [-0.39, 0.29) is 5.60 Å². The zero-order chi connectivity index (χ0) is 15.2. The highest BCUT2D eigenvalue weighted by Gasteiger charge is 2.44. The predicted octanol–water partition coefficient (Wildman–Crippen LogP) is 3.07. The summed E-state index contributed by atoms with van der Waals surface area (Å²) in [4.78, 5) is 0. The van der Waals surface area contributed by atoms with Gasteiger partial charge in [0.1, 0.15) is 17.5 Å². The molecule has 0 amide bonds. The number of halogens is 1. The van der Waals surface area contributed by atoms with Gasteiger partial charge in [-0.15, -0.1) is 0 Å². The highest BCUT2D eigenvalue weighted by Crippen LogP contribution is 2.46. The first kappa shape index (κ1) is 14.1. The van der Waals surface area contributed by atoms with Gasteiger partial charge >= 0.3 is 0 Å². The summed E-state index contributed by atoms with van der Waals surface area (Å²) in [6.07, 6.45) is 10.2. The van der Waals surface area contributed by atoms with Crippen molar-refractivity contribution in [2.45, 2.75) is 22.4 Å². The summed E-state index contributed by atoms with van der Waals surface area (Å²) in [6.45, 7) is 1.87. The van der Waals surface area contributed by atoms with E-state index in [1.165, 1.54) is 0 Å². The average molecular weight is 405 g/mol. The number of hydrogen-bond donors (Lipinski definition) is 1. The molecule has 1 aliphatic carbocycles. The molecule has 2 aliphatic heterocycles. The Morgan fingerprint density at radius 3 is 2.95 bits per heavy atom. The lowest BCUT2D eigenvalue weighted by Gasteiger charge is -2.43. The third-order valence-electron chi connectivity index (χ3n) is 4.53. The van der Waals surface area contributed by atoms with Crippen LogP contribution < -0.4 is 5.32 Å². The minimum absolute atomic E-state index is 0.294. The standard InChI is InChI=1S/C17H16IN3O/c18-12-2-1-3-14-15(10-12)22-17(6-8-20-9-7-17)16-5-4-13(11-19)21(14)16/h1-5,10,12,20H,6-9H2. The second-order valence-electron chi connectivity index (χ2n) is 5.81. The topological polar surface area (TPSA) is 50.0 Å². The molecule has 22 heavy (non-hydrogen) atoms. The van der Waals surface area contributed by atoms with Crippen LogP contribution in [0.5, 0.6) is 0 Å². The number of hydrogen-bond acceptors (Lipinski definition) is 3. The maximum atomic E-state index is 9.49. The zero-order valence-corrected chi connectivity index (χ0v) is 14.2. The van der Waals surface area contributed by atoms with E-state index >= 15 is 0 Å². The molecule has 1 saturated heterocycles. The Morgan fingerprint density at radius 2 is 2.18 bits per heavy atom. The van der Waals surface area contributed by atoms with Crippen LogP contribution in [-0.4, -0.2) is 21.6 Å². The Labute approximate surface area is 143 Å². The quantitative estimate of drug-likeness (QED) is 0.533. The van der Waals surface area contributed by atoms with Crippen molar-refractivity contribution in [2.24, 2.45) is 0 Å². The van der Waals surface area contributed by atoms with Crippen LogP contribution in [0.15, 0.2) is 42.2 Å². The highest BCUT2D eigenvalue weighted by atomic mass is 127. The van der Waals surface area contributed by atoms with Gasteiger partial charge in [0.15, 0.2) is 5.60 Å². The second kappa shape index (κ2) is 5.28. The van der Waals surface area contributed by atoms with E-state index in [9.17, 15) is 5.26 Å². The summed E-state index contributed by atoms with van der Waals surface area (Å²) in [5.41, 5.74) is 2.43. The molecule has 3 heterocycles. The molecular weight excluding hydrogens is 389 g/mol. The largest absolute Gasteiger partial charge is 0.479 e. The Morgan fingerprint density at radius 1 is 1.36 bits per heavy atom. The predicted molar refractivity (Wildman–Crippen MR) is 93.3 cm³/mol. The summed E-state index contributed by atoms with van der Waals surface area (Å²) in [5.74, 6) is 0.895. The van der Waals surface area contributed by atoms with Gasteiger partial charge in [0.05, 0.1) is 15.3 Å². The number of aromatic nitrogens is 1.